The fourth-order valence-electron chi connectivity index (χ4n) is 4.70. The van der Waals surface area contributed by atoms with Gasteiger partial charge in [-0.3, -0.25) is 14.4 Å². The van der Waals surface area contributed by atoms with Crippen molar-refractivity contribution in [3.63, 3.8) is 0 Å². The van der Waals surface area contributed by atoms with Crippen LogP contribution in [0.3, 0.4) is 0 Å². The lowest BCUT2D eigenvalue weighted by Gasteiger charge is -2.19. The molecule has 0 heterocycles. The summed E-state index contributed by atoms with van der Waals surface area (Å²) < 4.78 is 5.42. The molecule has 5 aromatic rings. The largest absolute Gasteiger partial charge is 0.495 e. The molecule has 1 atom stereocenters. The van der Waals surface area contributed by atoms with Crippen molar-refractivity contribution in [1.82, 2.24) is 5.32 Å². The molecule has 7 nitrogen and oxygen atoms in total. The van der Waals surface area contributed by atoms with Gasteiger partial charge in [0, 0.05) is 16.1 Å². The van der Waals surface area contributed by atoms with Crippen LogP contribution >= 0.6 is 11.8 Å². The SMILES string of the molecule is COc1ccccc1NC(=O)C(Sc1cccc(NC(=O)/C(=C\c2cccc(C)c2)NC(=O)c2ccccc2)c1)c1ccccc1. The van der Waals surface area contributed by atoms with E-state index in [0.29, 0.717) is 22.7 Å². The van der Waals surface area contributed by atoms with Gasteiger partial charge in [0.1, 0.15) is 16.7 Å². The van der Waals surface area contributed by atoms with E-state index in [2.05, 4.69) is 16.0 Å². The molecule has 230 valence electrons. The van der Waals surface area contributed by atoms with Crippen molar-refractivity contribution in [1.29, 1.82) is 0 Å². The lowest BCUT2D eigenvalue weighted by Crippen LogP contribution is -2.30. The lowest BCUT2D eigenvalue weighted by molar-refractivity contribution is -0.116. The third-order valence-electron chi connectivity index (χ3n) is 6.93. The normalized spacial score (nSPS) is 11.7. The van der Waals surface area contributed by atoms with Crippen LogP contribution in [0, 0.1) is 6.92 Å². The number of hydrogen-bond donors (Lipinski definition) is 3. The van der Waals surface area contributed by atoms with Crippen LogP contribution < -0.4 is 20.7 Å². The minimum absolute atomic E-state index is 0.0934. The van der Waals surface area contributed by atoms with Crippen LogP contribution in [-0.4, -0.2) is 24.8 Å². The number of anilines is 2. The summed E-state index contributed by atoms with van der Waals surface area (Å²) in [5.41, 5.74) is 4.23. The highest BCUT2D eigenvalue weighted by Gasteiger charge is 2.24. The van der Waals surface area contributed by atoms with Gasteiger partial charge in [-0.1, -0.05) is 96.6 Å². The maximum absolute atomic E-state index is 13.6. The molecule has 5 rings (SSSR count). The Morgan fingerprint density at radius 2 is 1.43 bits per heavy atom. The number of methoxy groups -OCH3 is 1. The number of benzene rings is 5. The van der Waals surface area contributed by atoms with Crippen molar-refractivity contribution in [3.8, 4) is 5.75 Å². The first-order valence-corrected chi connectivity index (χ1v) is 15.5. The van der Waals surface area contributed by atoms with Crippen LogP contribution in [0.1, 0.15) is 32.3 Å². The van der Waals surface area contributed by atoms with Crippen molar-refractivity contribution in [2.24, 2.45) is 0 Å². The second-order valence-electron chi connectivity index (χ2n) is 10.4. The molecule has 3 N–H and O–H groups in total. The first-order chi connectivity index (χ1) is 22.4. The number of nitrogens with one attached hydrogen (secondary N) is 3. The summed E-state index contributed by atoms with van der Waals surface area (Å²) in [7, 11) is 1.56. The predicted octanol–water partition coefficient (Wildman–Crippen LogP) is 7.89. The lowest BCUT2D eigenvalue weighted by atomic mass is 10.1. The average molecular weight is 628 g/mol. The number of ether oxygens (including phenoxy) is 1. The van der Waals surface area contributed by atoms with Crippen molar-refractivity contribution in [3.05, 3.63) is 161 Å². The molecule has 0 aromatic heterocycles. The van der Waals surface area contributed by atoms with Gasteiger partial charge in [0.2, 0.25) is 5.91 Å². The van der Waals surface area contributed by atoms with Gasteiger partial charge in [-0.25, -0.2) is 0 Å². The van der Waals surface area contributed by atoms with Gasteiger partial charge in [0.25, 0.3) is 11.8 Å². The van der Waals surface area contributed by atoms with E-state index < -0.39 is 17.1 Å². The van der Waals surface area contributed by atoms with Gasteiger partial charge in [0.15, 0.2) is 0 Å². The highest BCUT2D eigenvalue weighted by molar-refractivity contribution is 8.00. The number of rotatable bonds is 11. The van der Waals surface area contributed by atoms with Gasteiger partial charge in [-0.2, -0.15) is 0 Å². The first-order valence-electron chi connectivity index (χ1n) is 14.6. The molecule has 5 aromatic carbocycles. The monoisotopic (exact) mass is 627 g/mol. The predicted molar refractivity (Wildman–Crippen MR) is 185 cm³/mol. The average Bonchev–Trinajstić information content (AvgIpc) is 3.08. The van der Waals surface area contributed by atoms with E-state index in [-0.39, 0.29) is 11.6 Å². The number of aryl methyl sites for hydroxylation is 1. The van der Waals surface area contributed by atoms with E-state index in [4.69, 9.17) is 4.74 Å². The molecular formula is C38H33N3O4S. The van der Waals surface area contributed by atoms with Crippen LogP contribution in [0.25, 0.3) is 6.08 Å². The van der Waals surface area contributed by atoms with Crippen LogP contribution in [0.4, 0.5) is 11.4 Å². The van der Waals surface area contributed by atoms with Crippen LogP contribution in [-0.2, 0) is 9.59 Å². The zero-order chi connectivity index (χ0) is 32.3. The number of para-hydroxylation sites is 2. The van der Waals surface area contributed by atoms with Crippen LogP contribution in [0.2, 0.25) is 0 Å². The standard InChI is InChI=1S/C38H33N3O4S/c1-26-13-11-14-27(23-26)24-33(41-36(42)29-17-7-4-8-18-29)37(43)39-30-19-12-20-31(25-30)46-35(28-15-5-3-6-16-28)38(44)40-32-21-9-10-22-34(32)45-2/h3-25,35H,1-2H3,(H,39,43)(H,40,44)(H,41,42)/b33-24+. The Morgan fingerprint density at radius 3 is 2.17 bits per heavy atom. The Bertz CT molecular complexity index is 1860. The number of hydrogen-bond acceptors (Lipinski definition) is 5. The summed E-state index contributed by atoms with van der Waals surface area (Å²) in [6.45, 7) is 1.96. The van der Waals surface area contributed by atoms with Crippen LogP contribution in [0.5, 0.6) is 5.75 Å². The Labute approximate surface area is 272 Å². The second kappa shape index (κ2) is 15.4. The molecule has 0 aliphatic carbocycles. The summed E-state index contributed by atoms with van der Waals surface area (Å²) in [6.07, 6.45) is 1.65. The summed E-state index contributed by atoms with van der Waals surface area (Å²) in [6, 6.07) is 40.4. The zero-order valence-electron chi connectivity index (χ0n) is 25.4. The van der Waals surface area contributed by atoms with Gasteiger partial charge in [0.05, 0.1) is 12.8 Å². The fraction of sp³-hybridized carbons (Fsp3) is 0.0789. The van der Waals surface area contributed by atoms with Crippen molar-refractivity contribution >= 4 is 46.9 Å². The maximum atomic E-state index is 13.6. The fourth-order valence-corrected chi connectivity index (χ4v) is 5.78. The molecule has 8 heteroatoms. The summed E-state index contributed by atoms with van der Waals surface area (Å²) in [5.74, 6) is -0.541. The molecule has 46 heavy (non-hydrogen) atoms. The molecule has 0 spiro atoms. The van der Waals surface area contributed by atoms with Gasteiger partial charge in [-0.05, 0) is 66.6 Å². The maximum Gasteiger partial charge on any atom is 0.272 e. The van der Waals surface area contributed by atoms with Crippen LogP contribution in [0.15, 0.2) is 144 Å². The first kappa shape index (κ1) is 31.8. The van der Waals surface area contributed by atoms with Crippen molar-refractivity contribution < 1.29 is 19.1 Å². The second-order valence-corrected chi connectivity index (χ2v) is 11.6. The minimum atomic E-state index is -0.598. The molecule has 0 fully saturated rings. The molecule has 1 unspecified atom stereocenters. The van der Waals surface area contributed by atoms with Gasteiger partial charge < -0.3 is 20.7 Å². The molecule has 0 radical (unpaired) electrons. The zero-order valence-corrected chi connectivity index (χ0v) is 26.2. The topological polar surface area (TPSA) is 96.5 Å². The number of thioether (sulfide) groups is 1. The van der Waals surface area contributed by atoms with E-state index in [0.717, 1.165) is 21.6 Å². The minimum Gasteiger partial charge on any atom is -0.495 e. The third kappa shape index (κ3) is 8.52. The molecular weight excluding hydrogens is 595 g/mol. The van der Waals surface area contributed by atoms with E-state index in [1.807, 2.05) is 91.9 Å². The van der Waals surface area contributed by atoms with E-state index in [1.165, 1.54) is 11.8 Å². The molecule has 0 aliphatic rings. The molecule has 0 saturated carbocycles. The quantitative estimate of drug-likeness (QED) is 0.102. The van der Waals surface area contributed by atoms with E-state index >= 15 is 0 Å². The van der Waals surface area contributed by atoms with E-state index in [9.17, 15) is 14.4 Å². The molecule has 0 bridgehead atoms. The number of carbonyl (C=O) groups is 3. The summed E-state index contributed by atoms with van der Waals surface area (Å²) in [5, 5.41) is 8.10. The van der Waals surface area contributed by atoms with Gasteiger partial charge in [-0.15, -0.1) is 11.8 Å². The van der Waals surface area contributed by atoms with Gasteiger partial charge >= 0.3 is 0 Å². The Morgan fingerprint density at radius 1 is 0.739 bits per heavy atom. The number of carbonyl (C=O) groups excluding carboxylic acids is 3. The molecule has 0 aliphatic heterocycles. The number of amides is 3. The Balaban J connectivity index is 1.38. The summed E-state index contributed by atoms with van der Waals surface area (Å²) in [4.78, 5) is 41.1. The third-order valence-corrected chi connectivity index (χ3v) is 8.18. The molecule has 0 saturated heterocycles. The van der Waals surface area contributed by atoms with Crippen molar-refractivity contribution in [2.75, 3.05) is 17.7 Å². The highest BCUT2D eigenvalue weighted by atomic mass is 32.2. The smallest absolute Gasteiger partial charge is 0.272 e. The summed E-state index contributed by atoms with van der Waals surface area (Å²) >= 11 is 1.36. The highest BCUT2D eigenvalue weighted by Crippen LogP contribution is 2.38. The Kier molecular flexibility index (Phi) is 10.7. The van der Waals surface area contributed by atoms with E-state index in [1.54, 1.807) is 61.7 Å². The molecule has 3 amide bonds. The van der Waals surface area contributed by atoms with Crippen molar-refractivity contribution in [2.45, 2.75) is 17.1 Å². The Hall–Kier alpha value is -5.60.